The number of pyridine rings is 1. The number of nitrogens with zero attached hydrogens (tertiary/aromatic N) is 5. The zero-order chi connectivity index (χ0) is 22.1. The van der Waals surface area contributed by atoms with E-state index >= 15 is 0 Å². The van der Waals surface area contributed by atoms with Gasteiger partial charge in [-0.25, -0.2) is 9.97 Å². The molecule has 7 heteroatoms. The molecule has 0 bridgehead atoms. The number of anilines is 2. The average molecular weight is 427 g/mol. The molecule has 4 aromatic rings. The van der Waals surface area contributed by atoms with E-state index in [1.165, 1.54) is 5.56 Å². The highest BCUT2D eigenvalue weighted by atomic mass is 16.2. The SMILES string of the molecule is Cc1ccc(Nc2cc(C)nc([C@@H]3CCCN(C(=O)c4cn5cccnc5n4)C3)c2)cc1. The number of benzene rings is 1. The molecule has 3 aromatic heterocycles. The molecule has 1 aromatic carbocycles. The molecule has 0 radical (unpaired) electrons. The van der Waals surface area contributed by atoms with Crippen LogP contribution < -0.4 is 5.32 Å². The third-order valence-electron chi connectivity index (χ3n) is 5.89. The van der Waals surface area contributed by atoms with E-state index in [0.717, 1.165) is 42.1 Å². The lowest BCUT2D eigenvalue weighted by Crippen LogP contribution is -2.39. The maximum Gasteiger partial charge on any atom is 0.274 e. The first kappa shape index (κ1) is 20.2. The Hall–Kier alpha value is -3.74. The van der Waals surface area contributed by atoms with Crippen LogP contribution in [0.15, 0.2) is 61.1 Å². The van der Waals surface area contributed by atoms with Crippen LogP contribution in [0.5, 0.6) is 0 Å². The van der Waals surface area contributed by atoms with Crippen molar-refractivity contribution in [3.63, 3.8) is 0 Å². The molecule has 5 rings (SSSR count). The van der Waals surface area contributed by atoms with Crippen LogP contribution in [0.3, 0.4) is 0 Å². The summed E-state index contributed by atoms with van der Waals surface area (Å²) in [7, 11) is 0. The van der Waals surface area contributed by atoms with Gasteiger partial charge in [-0.15, -0.1) is 0 Å². The Morgan fingerprint density at radius 3 is 2.75 bits per heavy atom. The Kier molecular flexibility index (Phi) is 5.31. The third kappa shape index (κ3) is 4.19. The summed E-state index contributed by atoms with van der Waals surface area (Å²) in [4.78, 5) is 28.5. The van der Waals surface area contributed by atoms with Gasteiger partial charge in [0.2, 0.25) is 5.78 Å². The Bertz CT molecular complexity index is 1230. The Morgan fingerprint density at radius 1 is 1.09 bits per heavy atom. The molecule has 0 aliphatic carbocycles. The Morgan fingerprint density at radius 2 is 1.94 bits per heavy atom. The van der Waals surface area contributed by atoms with Gasteiger partial charge >= 0.3 is 0 Å². The summed E-state index contributed by atoms with van der Waals surface area (Å²) in [6, 6.07) is 14.3. The number of imidazole rings is 1. The fourth-order valence-electron chi connectivity index (χ4n) is 4.28. The van der Waals surface area contributed by atoms with E-state index in [2.05, 4.69) is 58.6 Å². The van der Waals surface area contributed by atoms with Crippen molar-refractivity contribution < 1.29 is 4.79 Å². The van der Waals surface area contributed by atoms with Gasteiger partial charge in [-0.1, -0.05) is 17.7 Å². The lowest BCUT2D eigenvalue weighted by atomic mass is 9.93. The zero-order valence-electron chi connectivity index (χ0n) is 18.3. The lowest BCUT2D eigenvalue weighted by molar-refractivity contribution is 0.0700. The summed E-state index contributed by atoms with van der Waals surface area (Å²) < 4.78 is 1.78. The summed E-state index contributed by atoms with van der Waals surface area (Å²) >= 11 is 0. The first-order chi connectivity index (χ1) is 15.5. The molecular weight excluding hydrogens is 400 g/mol. The molecule has 1 atom stereocenters. The number of aromatic nitrogens is 4. The predicted octanol–water partition coefficient (Wildman–Crippen LogP) is 4.50. The van der Waals surface area contributed by atoms with E-state index in [1.807, 2.05) is 24.1 Å². The summed E-state index contributed by atoms with van der Waals surface area (Å²) in [6.07, 6.45) is 7.24. The number of rotatable bonds is 4. The normalized spacial score (nSPS) is 16.3. The molecule has 1 fully saturated rings. The van der Waals surface area contributed by atoms with Gasteiger partial charge in [0.1, 0.15) is 5.69 Å². The second-order valence-corrected chi connectivity index (χ2v) is 8.46. The van der Waals surface area contributed by atoms with Crippen LogP contribution in [0.25, 0.3) is 5.78 Å². The van der Waals surface area contributed by atoms with Crippen LogP contribution in [0, 0.1) is 13.8 Å². The Balaban J connectivity index is 1.35. The van der Waals surface area contributed by atoms with Crippen molar-refractivity contribution in [1.29, 1.82) is 0 Å². The van der Waals surface area contributed by atoms with E-state index in [0.29, 0.717) is 18.0 Å². The maximum atomic E-state index is 13.1. The highest BCUT2D eigenvalue weighted by Gasteiger charge is 2.28. The van der Waals surface area contributed by atoms with Crippen LogP contribution in [-0.2, 0) is 0 Å². The second-order valence-electron chi connectivity index (χ2n) is 8.46. The second kappa shape index (κ2) is 8.42. The van der Waals surface area contributed by atoms with Gasteiger partial charge in [0.05, 0.1) is 0 Å². The first-order valence-corrected chi connectivity index (χ1v) is 11.0. The third-order valence-corrected chi connectivity index (χ3v) is 5.89. The lowest BCUT2D eigenvalue weighted by Gasteiger charge is -2.32. The van der Waals surface area contributed by atoms with Crippen molar-refractivity contribution >= 4 is 23.1 Å². The smallest absolute Gasteiger partial charge is 0.274 e. The van der Waals surface area contributed by atoms with Crippen molar-refractivity contribution in [2.45, 2.75) is 32.6 Å². The fourth-order valence-corrected chi connectivity index (χ4v) is 4.28. The number of carbonyl (C=O) groups is 1. The van der Waals surface area contributed by atoms with Crippen LogP contribution in [0.1, 0.15) is 46.2 Å². The first-order valence-electron chi connectivity index (χ1n) is 11.0. The quantitative estimate of drug-likeness (QED) is 0.520. The molecule has 0 saturated carbocycles. The number of nitrogens with one attached hydrogen (secondary N) is 1. The minimum Gasteiger partial charge on any atom is -0.355 e. The molecule has 1 amide bonds. The van der Waals surface area contributed by atoms with E-state index in [-0.39, 0.29) is 11.8 Å². The molecule has 1 N–H and O–H groups in total. The molecule has 1 saturated heterocycles. The van der Waals surface area contributed by atoms with Crippen LogP contribution in [-0.4, -0.2) is 43.2 Å². The zero-order valence-corrected chi connectivity index (χ0v) is 18.3. The highest BCUT2D eigenvalue weighted by Crippen LogP contribution is 2.29. The number of fused-ring (bicyclic) bond motifs is 1. The van der Waals surface area contributed by atoms with Crippen molar-refractivity contribution in [2.75, 3.05) is 18.4 Å². The number of hydrogen-bond donors (Lipinski definition) is 1. The highest BCUT2D eigenvalue weighted by molar-refractivity contribution is 5.92. The minimum absolute atomic E-state index is 0.0501. The van der Waals surface area contributed by atoms with E-state index in [1.54, 1.807) is 16.8 Å². The van der Waals surface area contributed by atoms with Crippen LogP contribution in [0.4, 0.5) is 11.4 Å². The van der Waals surface area contributed by atoms with Crippen molar-refractivity contribution in [2.24, 2.45) is 0 Å². The molecule has 1 aliphatic heterocycles. The standard InChI is InChI=1S/C25H26N6O/c1-17-6-8-20(9-7-17)28-21-13-18(2)27-22(14-21)19-5-3-11-30(15-19)24(32)23-16-31-12-4-10-26-25(31)29-23/h4,6-10,12-14,16,19H,3,5,11,15H2,1-2H3,(H,27,28)/t19-/m1/s1. The number of aryl methyl sites for hydroxylation is 2. The van der Waals surface area contributed by atoms with Crippen molar-refractivity contribution in [3.8, 4) is 0 Å². The number of carbonyl (C=O) groups excluding carboxylic acids is 1. The summed E-state index contributed by atoms with van der Waals surface area (Å²) in [5.41, 5.74) is 5.72. The van der Waals surface area contributed by atoms with E-state index in [9.17, 15) is 4.79 Å². The van der Waals surface area contributed by atoms with Crippen LogP contribution in [0.2, 0.25) is 0 Å². The summed E-state index contributed by atoms with van der Waals surface area (Å²) in [5, 5.41) is 3.49. The molecule has 32 heavy (non-hydrogen) atoms. The van der Waals surface area contributed by atoms with Gasteiger partial charge in [0, 0.05) is 60.4 Å². The molecular formula is C25H26N6O. The predicted molar refractivity (Wildman–Crippen MR) is 124 cm³/mol. The topological polar surface area (TPSA) is 75.4 Å². The van der Waals surface area contributed by atoms with Gasteiger partial charge in [-0.2, -0.15) is 0 Å². The number of piperidine rings is 1. The largest absolute Gasteiger partial charge is 0.355 e. The molecule has 0 unspecified atom stereocenters. The number of likely N-dealkylation sites (tertiary alicyclic amines) is 1. The minimum atomic E-state index is -0.0501. The van der Waals surface area contributed by atoms with Gasteiger partial charge in [0.15, 0.2) is 0 Å². The fraction of sp³-hybridized carbons (Fsp3) is 0.280. The number of amides is 1. The van der Waals surface area contributed by atoms with Gasteiger partial charge in [-0.05, 0) is 57.0 Å². The van der Waals surface area contributed by atoms with E-state index in [4.69, 9.17) is 4.98 Å². The maximum absolute atomic E-state index is 13.1. The molecule has 0 spiro atoms. The summed E-state index contributed by atoms with van der Waals surface area (Å²) in [6.45, 7) is 5.47. The van der Waals surface area contributed by atoms with E-state index < -0.39 is 0 Å². The van der Waals surface area contributed by atoms with Gasteiger partial charge < -0.3 is 10.2 Å². The molecule has 1 aliphatic rings. The van der Waals surface area contributed by atoms with Gasteiger partial charge in [-0.3, -0.25) is 14.2 Å². The number of hydrogen-bond acceptors (Lipinski definition) is 5. The molecule has 162 valence electrons. The van der Waals surface area contributed by atoms with Crippen molar-refractivity contribution in [1.82, 2.24) is 24.3 Å². The average Bonchev–Trinajstić information content (AvgIpc) is 3.24. The monoisotopic (exact) mass is 426 g/mol. The molecule has 7 nitrogen and oxygen atoms in total. The Labute approximate surface area is 187 Å². The van der Waals surface area contributed by atoms with Crippen molar-refractivity contribution in [3.05, 3.63) is 83.7 Å². The van der Waals surface area contributed by atoms with Gasteiger partial charge in [0.25, 0.3) is 5.91 Å². The van der Waals surface area contributed by atoms with Crippen LogP contribution >= 0.6 is 0 Å². The summed E-state index contributed by atoms with van der Waals surface area (Å²) in [5.74, 6) is 0.684. The molecule has 4 heterocycles.